The van der Waals surface area contributed by atoms with Crippen molar-refractivity contribution in [3.8, 4) is 22.9 Å². The van der Waals surface area contributed by atoms with Crippen molar-refractivity contribution < 1.29 is 9.13 Å². The smallest absolute Gasteiger partial charge is 0.137 e. The van der Waals surface area contributed by atoms with Crippen LogP contribution >= 0.6 is 0 Å². The van der Waals surface area contributed by atoms with Crippen LogP contribution in [-0.4, -0.2) is 7.11 Å². The molecule has 0 radical (unpaired) electrons. The van der Waals surface area contributed by atoms with E-state index in [9.17, 15) is 4.39 Å². The van der Waals surface area contributed by atoms with E-state index < -0.39 is 0 Å². The molecule has 2 nitrogen and oxygen atoms in total. The van der Waals surface area contributed by atoms with Crippen molar-refractivity contribution in [2.75, 3.05) is 7.11 Å². The van der Waals surface area contributed by atoms with E-state index in [4.69, 9.17) is 10.00 Å². The Morgan fingerprint density at radius 2 is 1.78 bits per heavy atom. The molecule has 90 valence electrons. The second kappa shape index (κ2) is 4.89. The fourth-order valence-corrected chi connectivity index (χ4v) is 1.84. The minimum absolute atomic E-state index is 0.293. The Kier molecular flexibility index (Phi) is 3.29. The van der Waals surface area contributed by atoms with Gasteiger partial charge in [-0.2, -0.15) is 5.26 Å². The lowest BCUT2D eigenvalue weighted by atomic mass is 10.0. The average molecular weight is 241 g/mol. The van der Waals surface area contributed by atoms with E-state index in [-0.39, 0.29) is 5.82 Å². The molecule has 2 aromatic rings. The first-order valence-electron chi connectivity index (χ1n) is 5.51. The van der Waals surface area contributed by atoms with Crippen LogP contribution in [0.1, 0.15) is 11.1 Å². The molecule has 0 saturated carbocycles. The van der Waals surface area contributed by atoms with Crippen molar-refractivity contribution in [1.29, 1.82) is 5.26 Å². The molecular formula is C15H12FNO. The summed E-state index contributed by atoms with van der Waals surface area (Å²) in [6.45, 7) is 1.68. The number of hydrogen-bond acceptors (Lipinski definition) is 2. The molecule has 0 N–H and O–H groups in total. The first-order chi connectivity index (χ1) is 8.67. The highest BCUT2D eigenvalue weighted by molar-refractivity contribution is 5.67. The Balaban J connectivity index is 2.51. The molecule has 0 bridgehead atoms. The van der Waals surface area contributed by atoms with Crippen LogP contribution in [0.2, 0.25) is 0 Å². The molecule has 0 aliphatic rings. The standard InChI is InChI=1S/C15H12FNO/c1-10-14(18-2)8-7-13(15(10)16)12-5-3-11(9-17)4-6-12/h3-8H,1-2H3. The summed E-state index contributed by atoms with van der Waals surface area (Å²) >= 11 is 0. The van der Waals surface area contributed by atoms with Crippen LogP contribution in [0.15, 0.2) is 36.4 Å². The van der Waals surface area contributed by atoms with E-state index in [1.54, 1.807) is 43.3 Å². The van der Waals surface area contributed by atoms with Crippen LogP contribution < -0.4 is 4.74 Å². The number of halogens is 1. The Morgan fingerprint density at radius 1 is 1.11 bits per heavy atom. The van der Waals surface area contributed by atoms with E-state index in [0.29, 0.717) is 22.4 Å². The molecule has 0 amide bonds. The Labute approximate surface area is 105 Å². The number of ether oxygens (including phenoxy) is 1. The van der Waals surface area contributed by atoms with Crippen LogP contribution in [0.3, 0.4) is 0 Å². The van der Waals surface area contributed by atoms with E-state index in [1.807, 2.05) is 6.07 Å². The highest BCUT2D eigenvalue weighted by Crippen LogP contribution is 2.30. The number of benzene rings is 2. The van der Waals surface area contributed by atoms with Gasteiger partial charge in [-0.1, -0.05) is 12.1 Å². The second-order valence-electron chi connectivity index (χ2n) is 3.94. The molecule has 0 aliphatic heterocycles. The number of hydrogen-bond donors (Lipinski definition) is 0. The Bertz CT molecular complexity index is 612. The Morgan fingerprint density at radius 3 is 2.33 bits per heavy atom. The minimum Gasteiger partial charge on any atom is -0.496 e. The van der Waals surface area contributed by atoms with Crippen molar-refractivity contribution in [2.24, 2.45) is 0 Å². The van der Waals surface area contributed by atoms with E-state index in [1.165, 1.54) is 7.11 Å². The molecule has 2 rings (SSSR count). The maximum absolute atomic E-state index is 14.2. The van der Waals surface area contributed by atoms with Crippen molar-refractivity contribution >= 4 is 0 Å². The summed E-state index contributed by atoms with van der Waals surface area (Å²) < 4.78 is 19.2. The quantitative estimate of drug-likeness (QED) is 0.803. The fraction of sp³-hybridized carbons (Fsp3) is 0.133. The van der Waals surface area contributed by atoms with Gasteiger partial charge in [-0.3, -0.25) is 0 Å². The fourth-order valence-electron chi connectivity index (χ4n) is 1.84. The van der Waals surface area contributed by atoms with Gasteiger partial charge in [0.25, 0.3) is 0 Å². The van der Waals surface area contributed by atoms with Crippen LogP contribution in [0.4, 0.5) is 4.39 Å². The zero-order valence-electron chi connectivity index (χ0n) is 10.2. The first kappa shape index (κ1) is 12.1. The van der Waals surface area contributed by atoms with Gasteiger partial charge in [0.15, 0.2) is 0 Å². The maximum Gasteiger partial charge on any atom is 0.137 e. The lowest BCUT2D eigenvalue weighted by molar-refractivity contribution is 0.407. The van der Waals surface area contributed by atoms with Crippen molar-refractivity contribution in [1.82, 2.24) is 0 Å². The minimum atomic E-state index is -0.293. The van der Waals surface area contributed by atoms with Gasteiger partial charge in [-0.25, -0.2) is 4.39 Å². The number of rotatable bonds is 2. The molecule has 0 spiro atoms. The van der Waals surface area contributed by atoms with Gasteiger partial charge >= 0.3 is 0 Å². The van der Waals surface area contributed by atoms with Crippen molar-refractivity contribution in [2.45, 2.75) is 6.92 Å². The highest BCUT2D eigenvalue weighted by Gasteiger charge is 2.11. The van der Waals surface area contributed by atoms with Gasteiger partial charge in [0, 0.05) is 11.1 Å². The molecule has 0 saturated heterocycles. The molecular weight excluding hydrogens is 229 g/mol. The number of methoxy groups -OCH3 is 1. The third-order valence-corrected chi connectivity index (χ3v) is 2.88. The summed E-state index contributed by atoms with van der Waals surface area (Å²) in [6, 6.07) is 12.3. The summed E-state index contributed by atoms with van der Waals surface area (Å²) in [7, 11) is 1.52. The third kappa shape index (κ3) is 2.05. The van der Waals surface area contributed by atoms with Crippen LogP contribution in [0, 0.1) is 24.1 Å². The molecule has 0 heterocycles. The lowest BCUT2D eigenvalue weighted by Crippen LogP contribution is -1.93. The zero-order chi connectivity index (χ0) is 13.1. The molecule has 3 heteroatoms. The van der Waals surface area contributed by atoms with E-state index in [0.717, 1.165) is 5.56 Å². The number of nitrogens with zero attached hydrogens (tertiary/aromatic N) is 1. The second-order valence-corrected chi connectivity index (χ2v) is 3.94. The summed E-state index contributed by atoms with van der Waals surface area (Å²) in [4.78, 5) is 0. The van der Waals surface area contributed by atoms with Gasteiger partial charge in [-0.05, 0) is 36.8 Å². The third-order valence-electron chi connectivity index (χ3n) is 2.88. The van der Waals surface area contributed by atoms with Crippen molar-refractivity contribution in [3.05, 3.63) is 53.3 Å². The topological polar surface area (TPSA) is 33.0 Å². The molecule has 0 aliphatic carbocycles. The highest BCUT2D eigenvalue weighted by atomic mass is 19.1. The predicted molar refractivity (Wildman–Crippen MR) is 67.8 cm³/mol. The molecule has 2 aromatic carbocycles. The van der Waals surface area contributed by atoms with E-state index >= 15 is 0 Å². The largest absolute Gasteiger partial charge is 0.496 e. The van der Waals surface area contributed by atoms with Gasteiger partial charge in [-0.15, -0.1) is 0 Å². The Hall–Kier alpha value is -2.34. The molecule has 0 atom stereocenters. The molecule has 0 unspecified atom stereocenters. The summed E-state index contributed by atoms with van der Waals surface area (Å²) in [5.41, 5.74) is 2.30. The normalized spacial score (nSPS) is 9.89. The average Bonchev–Trinajstić information content (AvgIpc) is 2.42. The van der Waals surface area contributed by atoms with Crippen molar-refractivity contribution in [3.63, 3.8) is 0 Å². The first-order valence-corrected chi connectivity index (χ1v) is 5.51. The van der Waals surface area contributed by atoms with Gasteiger partial charge < -0.3 is 4.74 Å². The zero-order valence-corrected chi connectivity index (χ0v) is 10.2. The molecule has 0 aromatic heterocycles. The van der Waals surface area contributed by atoms with Crippen LogP contribution in [0.5, 0.6) is 5.75 Å². The summed E-state index contributed by atoms with van der Waals surface area (Å²) in [5, 5.41) is 8.73. The molecule has 18 heavy (non-hydrogen) atoms. The van der Waals surface area contributed by atoms with Crippen LogP contribution in [-0.2, 0) is 0 Å². The lowest BCUT2D eigenvalue weighted by Gasteiger charge is -2.10. The van der Waals surface area contributed by atoms with Gasteiger partial charge in [0.2, 0.25) is 0 Å². The number of nitriles is 1. The molecule has 0 fully saturated rings. The maximum atomic E-state index is 14.2. The van der Waals surface area contributed by atoms with Gasteiger partial charge in [0.1, 0.15) is 11.6 Å². The predicted octanol–water partition coefficient (Wildman–Crippen LogP) is 3.68. The monoisotopic (exact) mass is 241 g/mol. The summed E-state index contributed by atoms with van der Waals surface area (Å²) in [5.74, 6) is 0.240. The van der Waals surface area contributed by atoms with Crippen LogP contribution in [0.25, 0.3) is 11.1 Å². The SMILES string of the molecule is COc1ccc(-c2ccc(C#N)cc2)c(F)c1C. The van der Waals surface area contributed by atoms with Gasteiger partial charge in [0.05, 0.1) is 18.7 Å². The summed E-state index contributed by atoms with van der Waals surface area (Å²) in [6.07, 6.45) is 0. The van der Waals surface area contributed by atoms with E-state index in [2.05, 4.69) is 0 Å².